The molecule has 0 N–H and O–H groups in total. The number of alkyl halides is 3. The van der Waals surface area contributed by atoms with Crippen molar-refractivity contribution in [3.8, 4) is 0 Å². The van der Waals surface area contributed by atoms with Crippen molar-refractivity contribution in [2.24, 2.45) is 5.41 Å². The molecule has 0 atom stereocenters. The average molecular weight is 371 g/mol. The summed E-state index contributed by atoms with van der Waals surface area (Å²) in [6.45, 7) is 6.49. The van der Waals surface area contributed by atoms with E-state index < -0.39 is 23.2 Å². The summed E-state index contributed by atoms with van der Waals surface area (Å²) in [5.41, 5.74) is -0.713. The second-order valence-corrected chi connectivity index (χ2v) is 8.22. The first kappa shape index (κ1) is 18.7. The van der Waals surface area contributed by atoms with E-state index in [-0.39, 0.29) is 17.1 Å². The third kappa shape index (κ3) is 3.86. The van der Waals surface area contributed by atoms with Gasteiger partial charge in [-0.3, -0.25) is 0 Å². The number of hydrogen-bond donors (Lipinski definition) is 0. The van der Waals surface area contributed by atoms with Crippen molar-refractivity contribution >= 4 is 12.2 Å². The Bertz CT molecular complexity index is 746. The highest BCUT2D eigenvalue weighted by Crippen LogP contribution is 2.52. The molecule has 142 valence electrons. The molecule has 1 saturated heterocycles. The van der Waals surface area contributed by atoms with Crippen molar-refractivity contribution in [1.82, 2.24) is 4.90 Å². The van der Waals surface area contributed by atoms with Crippen LogP contribution < -0.4 is 0 Å². The fourth-order valence-electron chi connectivity index (χ4n) is 3.58. The molecule has 1 amide bonds. The van der Waals surface area contributed by atoms with Gasteiger partial charge in [0.05, 0.1) is 5.56 Å². The number of allylic oxidation sites excluding steroid dienone is 1. The van der Waals surface area contributed by atoms with Crippen LogP contribution in [0, 0.1) is 11.2 Å². The van der Waals surface area contributed by atoms with Crippen LogP contribution in [0.3, 0.4) is 0 Å². The third-order valence-corrected chi connectivity index (χ3v) is 4.59. The molecule has 1 spiro atoms. The normalized spacial score (nSPS) is 19.0. The molecule has 0 radical (unpaired) electrons. The zero-order chi connectivity index (χ0) is 19.3. The summed E-state index contributed by atoms with van der Waals surface area (Å²) < 4.78 is 57.6. The van der Waals surface area contributed by atoms with Crippen LogP contribution in [0.2, 0.25) is 0 Å². The Hall–Kier alpha value is -2.05. The van der Waals surface area contributed by atoms with Crippen LogP contribution in [0.25, 0.3) is 6.08 Å². The number of hydrogen-bond acceptors (Lipinski definition) is 2. The van der Waals surface area contributed by atoms with E-state index in [0.717, 1.165) is 17.7 Å². The van der Waals surface area contributed by atoms with Crippen molar-refractivity contribution in [3.63, 3.8) is 0 Å². The Morgan fingerprint density at radius 2 is 1.81 bits per heavy atom. The van der Waals surface area contributed by atoms with Crippen LogP contribution in [0.5, 0.6) is 0 Å². The van der Waals surface area contributed by atoms with E-state index in [1.54, 1.807) is 25.7 Å². The Morgan fingerprint density at radius 1 is 1.19 bits per heavy atom. The van der Waals surface area contributed by atoms with Crippen molar-refractivity contribution in [3.05, 3.63) is 40.7 Å². The van der Waals surface area contributed by atoms with Crippen molar-refractivity contribution < 1.29 is 27.1 Å². The smallest absolute Gasteiger partial charge is 0.417 e. The fraction of sp³-hybridized carbons (Fsp3) is 0.526. The van der Waals surface area contributed by atoms with Gasteiger partial charge in [0.1, 0.15) is 11.4 Å². The molecule has 2 aliphatic rings. The number of likely N-dealkylation sites (tertiary alicyclic amines) is 1. The lowest BCUT2D eigenvalue weighted by molar-refractivity contribution is -0.137. The molecule has 0 bridgehead atoms. The highest BCUT2D eigenvalue weighted by atomic mass is 19.4. The first-order chi connectivity index (χ1) is 11.9. The van der Waals surface area contributed by atoms with Crippen molar-refractivity contribution in [2.45, 2.75) is 45.4 Å². The molecular weight excluding hydrogens is 350 g/mol. The topological polar surface area (TPSA) is 29.5 Å². The molecule has 26 heavy (non-hydrogen) atoms. The minimum absolute atomic E-state index is 0.0212. The van der Waals surface area contributed by atoms with Gasteiger partial charge in [-0.2, -0.15) is 13.2 Å². The predicted molar refractivity (Wildman–Crippen MR) is 88.9 cm³/mol. The van der Waals surface area contributed by atoms with Gasteiger partial charge in [0.25, 0.3) is 0 Å². The summed E-state index contributed by atoms with van der Waals surface area (Å²) in [5.74, 6) is -0.906. The maximum Gasteiger partial charge on any atom is 0.417 e. The van der Waals surface area contributed by atoms with Crippen LogP contribution in [-0.2, 0) is 10.9 Å². The lowest BCUT2D eigenvalue weighted by Crippen LogP contribution is -2.62. The molecule has 7 heteroatoms. The molecule has 1 aliphatic heterocycles. The molecular formula is C19H21F4NO2. The van der Waals surface area contributed by atoms with Gasteiger partial charge < -0.3 is 9.64 Å². The Kier molecular flexibility index (Phi) is 4.32. The van der Waals surface area contributed by atoms with Gasteiger partial charge in [-0.25, -0.2) is 9.18 Å². The number of nitrogens with zero attached hydrogens (tertiary/aromatic N) is 1. The fourth-order valence-corrected chi connectivity index (χ4v) is 3.58. The molecule has 1 heterocycles. The molecule has 0 unspecified atom stereocenters. The average Bonchev–Trinajstić information content (AvgIpc) is 2.38. The van der Waals surface area contributed by atoms with E-state index in [1.165, 1.54) is 6.08 Å². The van der Waals surface area contributed by atoms with E-state index in [1.807, 2.05) is 0 Å². The second-order valence-electron chi connectivity index (χ2n) is 8.22. The zero-order valence-corrected chi connectivity index (χ0v) is 14.9. The summed E-state index contributed by atoms with van der Waals surface area (Å²) in [6, 6.07) is 2.71. The minimum Gasteiger partial charge on any atom is -0.444 e. The number of halogens is 4. The van der Waals surface area contributed by atoms with E-state index in [0.29, 0.717) is 32.0 Å². The Balaban J connectivity index is 1.63. The minimum atomic E-state index is -4.60. The predicted octanol–water partition coefficient (Wildman–Crippen LogP) is 5.26. The Labute approximate surface area is 149 Å². The number of ether oxygens (including phenoxy) is 1. The number of amides is 1. The zero-order valence-electron chi connectivity index (χ0n) is 14.9. The third-order valence-electron chi connectivity index (χ3n) is 4.59. The number of carbonyl (C=O) groups excluding carboxylic acids is 1. The maximum absolute atomic E-state index is 13.2. The van der Waals surface area contributed by atoms with Crippen molar-refractivity contribution in [1.29, 1.82) is 0 Å². The van der Waals surface area contributed by atoms with E-state index >= 15 is 0 Å². The maximum atomic E-state index is 13.2. The van der Waals surface area contributed by atoms with Gasteiger partial charge in [-0.05, 0) is 51.3 Å². The molecule has 1 saturated carbocycles. The van der Waals surface area contributed by atoms with Gasteiger partial charge >= 0.3 is 12.3 Å². The number of benzene rings is 1. The summed E-state index contributed by atoms with van der Waals surface area (Å²) in [4.78, 5) is 13.6. The highest BCUT2D eigenvalue weighted by molar-refractivity contribution is 5.70. The van der Waals surface area contributed by atoms with E-state index in [9.17, 15) is 22.4 Å². The molecule has 1 aromatic carbocycles. The first-order valence-corrected chi connectivity index (χ1v) is 8.41. The molecule has 0 aromatic heterocycles. The van der Waals surface area contributed by atoms with Crippen LogP contribution in [-0.4, -0.2) is 29.7 Å². The van der Waals surface area contributed by atoms with Crippen LogP contribution >= 0.6 is 0 Å². The van der Waals surface area contributed by atoms with Crippen molar-refractivity contribution in [2.75, 3.05) is 13.1 Å². The van der Waals surface area contributed by atoms with Gasteiger partial charge in [0.15, 0.2) is 0 Å². The lowest BCUT2D eigenvalue weighted by Gasteiger charge is -2.56. The van der Waals surface area contributed by atoms with Gasteiger partial charge in [0, 0.05) is 18.5 Å². The molecule has 2 fully saturated rings. The van der Waals surface area contributed by atoms with Gasteiger partial charge in [0.2, 0.25) is 0 Å². The molecule has 3 rings (SSSR count). The monoisotopic (exact) mass is 371 g/mol. The number of carbonyl (C=O) groups is 1. The largest absolute Gasteiger partial charge is 0.444 e. The molecule has 1 aliphatic carbocycles. The molecule has 3 nitrogen and oxygen atoms in total. The van der Waals surface area contributed by atoms with Crippen LogP contribution in [0.1, 0.15) is 44.7 Å². The molecule has 1 aromatic rings. The summed E-state index contributed by atoms with van der Waals surface area (Å²) in [6.07, 6.45) is -2.19. The van der Waals surface area contributed by atoms with E-state index in [2.05, 4.69) is 0 Å². The lowest BCUT2D eigenvalue weighted by atomic mass is 9.60. The first-order valence-electron chi connectivity index (χ1n) is 8.41. The summed E-state index contributed by atoms with van der Waals surface area (Å²) >= 11 is 0. The second kappa shape index (κ2) is 5.99. The quantitative estimate of drug-likeness (QED) is 0.631. The number of rotatable bonds is 1. The van der Waals surface area contributed by atoms with Gasteiger partial charge in [-0.1, -0.05) is 17.7 Å². The highest BCUT2D eigenvalue weighted by Gasteiger charge is 2.52. The standard InChI is InChI=1S/C19H21F4NO2/c1-17(2,3)26-16(25)24-10-18(11-24)8-12(9-18)6-13-4-5-14(20)7-15(13)19(21,22)23/h4-7H,8-11H2,1-3H3. The Morgan fingerprint density at radius 3 is 2.35 bits per heavy atom. The van der Waals surface area contributed by atoms with Crippen LogP contribution in [0.15, 0.2) is 23.8 Å². The van der Waals surface area contributed by atoms with E-state index in [4.69, 9.17) is 4.74 Å². The summed E-state index contributed by atoms with van der Waals surface area (Å²) in [7, 11) is 0. The summed E-state index contributed by atoms with van der Waals surface area (Å²) in [5, 5.41) is 0. The van der Waals surface area contributed by atoms with Gasteiger partial charge in [-0.15, -0.1) is 0 Å². The van der Waals surface area contributed by atoms with Crippen LogP contribution in [0.4, 0.5) is 22.4 Å². The SMILES string of the molecule is CC(C)(C)OC(=O)N1CC2(CC(=Cc3ccc(F)cc3C(F)(F)F)C2)C1.